The van der Waals surface area contributed by atoms with Gasteiger partial charge in [0, 0.05) is 24.1 Å². The molecule has 0 spiro atoms. The third kappa shape index (κ3) is 5.89. The minimum absolute atomic E-state index is 0.00611. The van der Waals surface area contributed by atoms with Crippen LogP contribution < -0.4 is 15.4 Å². The Morgan fingerprint density at radius 2 is 1.86 bits per heavy atom. The van der Waals surface area contributed by atoms with Crippen LogP contribution >= 0.6 is 0 Å². The van der Waals surface area contributed by atoms with Gasteiger partial charge in [-0.05, 0) is 25.1 Å². The van der Waals surface area contributed by atoms with Crippen LogP contribution in [0.5, 0.6) is 5.75 Å². The molecule has 0 bridgehead atoms. The van der Waals surface area contributed by atoms with Crippen LogP contribution in [0, 0.1) is 6.92 Å². The molecule has 0 saturated heterocycles. The van der Waals surface area contributed by atoms with Gasteiger partial charge >= 0.3 is 6.18 Å². The molecule has 150 valence electrons. The number of hydrogen-bond acceptors (Lipinski definition) is 6. The first-order valence-electron chi connectivity index (χ1n) is 8.42. The molecule has 10 heteroatoms. The van der Waals surface area contributed by atoms with E-state index in [9.17, 15) is 18.0 Å². The van der Waals surface area contributed by atoms with Gasteiger partial charge in [0.05, 0.1) is 6.20 Å². The molecule has 0 atom stereocenters. The Morgan fingerprint density at radius 3 is 2.59 bits per heavy atom. The van der Waals surface area contributed by atoms with Crippen molar-refractivity contribution in [2.24, 2.45) is 0 Å². The zero-order chi connectivity index (χ0) is 20.9. The van der Waals surface area contributed by atoms with Crippen molar-refractivity contribution in [3.05, 3.63) is 66.2 Å². The van der Waals surface area contributed by atoms with Gasteiger partial charge in [0.25, 0.3) is 5.91 Å². The fourth-order valence-corrected chi connectivity index (χ4v) is 2.26. The lowest BCUT2D eigenvalue weighted by Gasteiger charge is -2.13. The predicted molar refractivity (Wildman–Crippen MR) is 100 cm³/mol. The second kappa shape index (κ2) is 8.55. The summed E-state index contributed by atoms with van der Waals surface area (Å²) in [6.07, 6.45) is -0.664. The van der Waals surface area contributed by atoms with Crippen molar-refractivity contribution < 1.29 is 22.7 Å². The molecule has 1 aromatic carbocycles. The average molecular weight is 403 g/mol. The standard InChI is InChI=1S/C19H16F3N5O2/c1-12-2-4-13(5-3-12)25-18-24-9-6-14(27-18)17(28)26-15-10-23-8-7-16(15)29-11-19(20,21)22/h2-10H,11H2,1H3,(H,26,28)(H,24,25,27). The molecule has 0 unspecified atom stereocenters. The molecular formula is C19H16F3N5O2. The number of nitrogens with zero attached hydrogens (tertiary/aromatic N) is 3. The number of aryl methyl sites for hydroxylation is 1. The minimum atomic E-state index is -4.51. The van der Waals surface area contributed by atoms with Crippen LogP contribution in [-0.2, 0) is 0 Å². The smallest absolute Gasteiger partial charge is 0.422 e. The Kier molecular flexibility index (Phi) is 5.91. The van der Waals surface area contributed by atoms with Crippen molar-refractivity contribution in [1.29, 1.82) is 0 Å². The maximum atomic E-state index is 12.5. The molecule has 0 aliphatic heterocycles. The van der Waals surface area contributed by atoms with Gasteiger partial charge in [-0.15, -0.1) is 0 Å². The quantitative estimate of drug-likeness (QED) is 0.644. The lowest BCUT2D eigenvalue weighted by Crippen LogP contribution is -2.21. The van der Waals surface area contributed by atoms with E-state index in [2.05, 4.69) is 25.6 Å². The highest BCUT2D eigenvalue weighted by molar-refractivity contribution is 6.03. The molecule has 0 aliphatic carbocycles. The summed E-state index contributed by atoms with van der Waals surface area (Å²) in [7, 11) is 0. The number of amides is 1. The van der Waals surface area contributed by atoms with Crippen molar-refractivity contribution >= 4 is 23.2 Å². The molecule has 0 aliphatic rings. The normalized spacial score (nSPS) is 11.0. The van der Waals surface area contributed by atoms with Crippen LogP contribution in [0.4, 0.5) is 30.5 Å². The number of hydrogen-bond donors (Lipinski definition) is 2. The first-order chi connectivity index (χ1) is 13.8. The van der Waals surface area contributed by atoms with Crippen molar-refractivity contribution in [2.45, 2.75) is 13.1 Å². The average Bonchev–Trinajstić information content (AvgIpc) is 2.69. The molecule has 3 aromatic rings. The third-order valence-electron chi connectivity index (χ3n) is 3.62. The zero-order valence-electron chi connectivity index (χ0n) is 15.2. The Bertz CT molecular complexity index is 994. The molecule has 29 heavy (non-hydrogen) atoms. The van der Waals surface area contributed by atoms with E-state index in [1.807, 2.05) is 31.2 Å². The van der Waals surface area contributed by atoms with Crippen molar-refractivity contribution in [2.75, 3.05) is 17.2 Å². The van der Waals surface area contributed by atoms with Gasteiger partial charge < -0.3 is 15.4 Å². The highest BCUT2D eigenvalue weighted by Gasteiger charge is 2.29. The minimum Gasteiger partial charge on any atom is -0.482 e. The molecular weight excluding hydrogens is 387 g/mol. The van der Waals surface area contributed by atoms with Crippen LogP contribution in [0.15, 0.2) is 55.0 Å². The van der Waals surface area contributed by atoms with E-state index < -0.39 is 18.7 Å². The van der Waals surface area contributed by atoms with Gasteiger partial charge in [-0.25, -0.2) is 9.97 Å². The highest BCUT2D eigenvalue weighted by atomic mass is 19.4. The first kappa shape index (κ1) is 20.1. The summed E-state index contributed by atoms with van der Waals surface area (Å²) in [6.45, 7) is 0.467. The summed E-state index contributed by atoms with van der Waals surface area (Å²) in [5, 5.41) is 5.42. The van der Waals surface area contributed by atoms with E-state index in [1.54, 1.807) is 0 Å². The number of halogens is 3. The number of ether oxygens (including phenoxy) is 1. The number of carbonyl (C=O) groups is 1. The van der Waals surface area contributed by atoms with E-state index in [4.69, 9.17) is 4.74 Å². The van der Waals surface area contributed by atoms with Crippen molar-refractivity contribution in [1.82, 2.24) is 15.0 Å². The van der Waals surface area contributed by atoms with Crippen LogP contribution in [0.25, 0.3) is 0 Å². The number of rotatable bonds is 6. The number of nitrogens with one attached hydrogen (secondary N) is 2. The fourth-order valence-electron chi connectivity index (χ4n) is 2.26. The summed E-state index contributed by atoms with van der Waals surface area (Å²) in [5.74, 6) is -0.608. The summed E-state index contributed by atoms with van der Waals surface area (Å²) in [5.41, 5.74) is 1.83. The summed E-state index contributed by atoms with van der Waals surface area (Å²) >= 11 is 0. The maximum absolute atomic E-state index is 12.5. The van der Waals surface area contributed by atoms with Gasteiger partial charge in [0.15, 0.2) is 6.61 Å². The molecule has 0 radical (unpaired) electrons. The van der Waals surface area contributed by atoms with E-state index in [0.29, 0.717) is 0 Å². The topological polar surface area (TPSA) is 89.0 Å². The van der Waals surface area contributed by atoms with E-state index in [-0.39, 0.29) is 23.1 Å². The Labute approximate surface area is 164 Å². The van der Waals surface area contributed by atoms with Gasteiger partial charge in [-0.1, -0.05) is 17.7 Å². The van der Waals surface area contributed by atoms with Gasteiger partial charge in [0.1, 0.15) is 17.1 Å². The number of aromatic nitrogens is 3. The second-order valence-electron chi connectivity index (χ2n) is 5.99. The number of benzene rings is 1. The highest BCUT2D eigenvalue weighted by Crippen LogP contribution is 2.26. The molecule has 1 amide bonds. The van der Waals surface area contributed by atoms with Gasteiger partial charge in [-0.3, -0.25) is 9.78 Å². The van der Waals surface area contributed by atoms with Crippen LogP contribution in [-0.4, -0.2) is 33.6 Å². The summed E-state index contributed by atoms with van der Waals surface area (Å²) in [6, 6.07) is 10.1. The first-order valence-corrected chi connectivity index (χ1v) is 8.42. The van der Waals surface area contributed by atoms with Crippen molar-refractivity contribution in [3.63, 3.8) is 0 Å². The molecule has 2 N–H and O–H groups in total. The third-order valence-corrected chi connectivity index (χ3v) is 3.62. The van der Waals surface area contributed by atoms with Crippen LogP contribution in [0.3, 0.4) is 0 Å². The van der Waals surface area contributed by atoms with Crippen LogP contribution in [0.2, 0.25) is 0 Å². The van der Waals surface area contributed by atoms with E-state index in [0.717, 1.165) is 11.3 Å². The van der Waals surface area contributed by atoms with E-state index >= 15 is 0 Å². The second-order valence-corrected chi connectivity index (χ2v) is 5.99. The molecule has 2 aromatic heterocycles. The number of alkyl halides is 3. The van der Waals surface area contributed by atoms with Crippen LogP contribution in [0.1, 0.15) is 16.1 Å². The Balaban J connectivity index is 1.72. The number of anilines is 3. The largest absolute Gasteiger partial charge is 0.482 e. The summed E-state index contributed by atoms with van der Waals surface area (Å²) in [4.78, 5) is 24.5. The van der Waals surface area contributed by atoms with Gasteiger partial charge in [0.2, 0.25) is 5.95 Å². The maximum Gasteiger partial charge on any atom is 0.422 e. The number of carbonyl (C=O) groups excluding carboxylic acids is 1. The SMILES string of the molecule is Cc1ccc(Nc2nccc(C(=O)Nc3cnccc3OCC(F)(F)F)n2)cc1. The van der Waals surface area contributed by atoms with Gasteiger partial charge in [-0.2, -0.15) is 13.2 Å². The lowest BCUT2D eigenvalue weighted by atomic mass is 10.2. The molecule has 0 saturated carbocycles. The lowest BCUT2D eigenvalue weighted by molar-refractivity contribution is -0.153. The zero-order valence-corrected chi connectivity index (χ0v) is 15.2. The molecule has 0 fully saturated rings. The molecule has 2 heterocycles. The monoisotopic (exact) mass is 403 g/mol. The Morgan fingerprint density at radius 1 is 1.10 bits per heavy atom. The summed E-state index contributed by atoms with van der Waals surface area (Å²) < 4.78 is 41.9. The fraction of sp³-hybridized carbons (Fsp3) is 0.158. The number of pyridine rings is 1. The van der Waals surface area contributed by atoms with E-state index in [1.165, 1.54) is 30.7 Å². The molecule has 3 rings (SSSR count). The molecule has 7 nitrogen and oxygen atoms in total. The van der Waals surface area contributed by atoms with Crippen molar-refractivity contribution in [3.8, 4) is 5.75 Å². The predicted octanol–water partition coefficient (Wildman–Crippen LogP) is 4.12. The Hall–Kier alpha value is -3.69.